The molecular weight excluding hydrogens is 478 g/mol. The summed E-state index contributed by atoms with van der Waals surface area (Å²) in [5.41, 5.74) is 1.73. The second-order valence-corrected chi connectivity index (χ2v) is 12.1. The molecule has 226 valence electrons. The topological polar surface area (TPSA) is 46.2 Å². The van der Waals surface area contributed by atoms with Gasteiger partial charge in [-0.2, -0.15) is 0 Å². The summed E-state index contributed by atoms with van der Waals surface area (Å²) in [6.07, 6.45) is 34.7. The Bertz CT molecular complexity index is 678. The summed E-state index contributed by atoms with van der Waals surface area (Å²) in [7, 11) is 0. The van der Waals surface area contributed by atoms with E-state index in [4.69, 9.17) is 0 Å². The number of allylic oxidation sites excluding steroid dienone is 2. The van der Waals surface area contributed by atoms with Crippen LogP contribution in [-0.4, -0.2) is 11.6 Å². The molecule has 3 nitrogen and oxygen atoms in total. The van der Waals surface area contributed by atoms with E-state index in [-0.39, 0.29) is 17.5 Å². The zero-order valence-electron chi connectivity index (χ0n) is 26.4. The first kappa shape index (κ1) is 35.6. The number of Topliss-reactive ketones (excluding diaryl/α,β-unsaturated/α-hetero) is 2. The van der Waals surface area contributed by atoms with E-state index in [2.05, 4.69) is 26.1 Å². The highest BCUT2D eigenvalue weighted by molar-refractivity contribution is 6.02. The number of ketones is 2. The van der Waals surface area contributed by atoms with Gasteiger partial charge in [-0.1, -0.05) is 156 Å². The summed E-state index contributed by atoms with van der Waals surface area (Å²) in [6, 6.07) is 0. The third kappa shape index (κ3) is 17.8. The van der Waals surface area contributed by atoms with Crippen molar-refractivity contribution >= 4 is 11.6 Å². The smallest absolute Gasteiger partial charge is 0.160 e. The van der Waals surface area contributed by atoms with Gasteiger partial charge in [-0.25, -0.2) is 0 Å². The Morgan fingerprint density at radius 1 is 0.487 bits per heavy atom. The summed E-state index contributed by atoms with van der Waals surface area (Å²) in [4.78, 5) is 26.6. The van der Waals surface area contributed by atoms with Gasteiger partial charge in [0.05, 0.1) is 0 Å². The van der Waals surface area contributed by atoms with E-state index in [0.717, 1.165) is 49.7 Å². The Morgan fingerprint density at radius 2 is 0.795 bits per heavy atom. The average molecular weight is 544 g/mol. The van der Waals surface area contributed by atoms with Crippen LogP contribution >= 0.6 is 0 Å². The molecule has 0 saturated carbocycles. The van der Waals surface area contributed by atoms with Gasteiger partial charge in [-0.05, 0) is 19.3 Å². The van der Waals surface area contributed by atoms with Gasteiger partial charge in [0, 0.05) is 42.3 Å². The zero-order valence-corrected chi connectivity index (χ0v) is 26.4. The van der Waals surface area contributed by atoms with Gasteiger partial charge in [-0.3, -0.25) is 9.59 Å². The molecule has 0 aromatic rings. The third-order valence-electron chi connectivity index (χ3n) is 8.48. The molecule has 1 rings (SSSR count). The highest BCUT2D eigenvalue weighted by atomic mass is 16.1. The van der Waals surface area contributed by atoms with Gasteiger partial charge in [0.15, 0.2) is 11.6 Å². The number of hydrogen-bond donors (Lipinski definition) is 1. The largest absolute Gasteiger partial charge is 0.367 e. The highest BCUT2D eigenvalue weighted by Crippen LogP contribution is 2.32. The minimum absolute atomic E-state index is 0.00925. The second kappa shape index (κ2) is 25.6. The SMILES string of the molecule is CCCCCCCCCCCC(=O)C1=CNC=C(C(=O)CCCCCCCCC)C1CCCCCCCCC. The van der Waals surface area contributed by atoms with Crippen molar-refractivity contribution in [3.63, 3.8) is 0 Å². The summed E-state index contributed by atoms with van der Waals surface area (Å²) < 4.78 is 0. The predicted molar refractivity (Wildman–Crippen MR) is 170 cm³/mol. The second-order valence-electron chi connectivity index (χ2n) is 12.1. The Morgan fingerprint density at radius 3 is 1.15 bits per heavy atom. The molecule has 1 unspecified atom stereocenters. The fourth-order valence-corrected chi connectivity index (χ4v) is 5.88. The third-order valence-corrected chi connectivity index (χ3v) is 8.48. The van der Waals surface area contributed by atoms with Gasteiger partial charge in [0.1, 0.15) is 0 Å². The number of unbranched alkanes of at least 4 members (excludes halogenated alkanes) is 20. The lowest BCUT2D eigenvalue weighted by Gasteiger charge is -2.26. The van der Waals surface area contributed by atoms with Crippen molar-refractivity contribution in [1.29, 1.82) is 0 Å². The normalized spacial score (nSPS) is 15.1. The number of carbonyl (C=O) groups is 2. The fourth-order valence-electron chi connectivity index (χ4n) is 5.88. The minimum atomic E-state index is -0.00925. The monoisotopic (exact) mass is 544 g/mol. The van der Waals surface area contributed by atoms with E-state index in [1.54, 1.807) is 0 Å². The van der Waals surface area contributed by atoms with Gasteiger partial charge < -0.3 is 5.32 Å². The minimum Gasteiger partial charge on any atom is -0.367 e. The van der Waals surface area contributed by atoms with Crippen LogP contribution in [0.25, 0.3) is 0 Å². The molecule has 0 aliphatic carbocycles. The fraction of sp³-hybridized carbons (Fsp3) is 0.833. The number of rotatable bonds is 28. The summed E-state index contributed by atoms with van der Waals surface area (Å²) >= 11 is 0. The Kier molecular flexibility index (Phi) is 23.4. The maximum Gasteiger partial charge on any atom is 0.160 e. The summed E-state index contributed by atoms with van der Waals surface area (Å²) in [5, 5.41) is 3.20. The van der Waals surface area contributed by atoms with E-state index in [1.165, 1.54) is 116 Å². The van der Waals surface area contributed by atoms with Gasteiger partial charge >= 0.3 is 0 Å². The van der Waals surface area contributed by atoms with Crippen molar-refractivity contribution in [2.45, 2.75) is 188 Å². The summed E-state index contributed by atoms with van der Waals surface area (Å²) in [5.74, 6) is 0.503. The van der Waals surface area contributed by atoms with E-state index < -0.39 is 0 Å². The van der Waals surface area contributed by atoms with Crippen LogP contribution in [0.4, 0.5) is 0 Å². The van der Waals surface area contributed by atoms with Crippen LogP contribution in [0.2, 0.25) is 0 Å². The van der Waals surface area contributed by atoms with Crippen molar-refractivity contribution in [2.24, 2.45) is 5.92 Å². The van der Waals surface area contributed by atoms with Crippen LogP contribution in [0.5, 0.6) is 0 Å². The number of nitrogens with one attached hydrogen (secondary N) is 1. The Labute approximate surface area is 243 Å². The maximum absolute atomic E-state index is 13.3. The molecule has 0 radical (unpaired) electrons. The molecule has 0 aromatic heterocycles. The van der Waals surface area contributed by atoms with Crippen LogP contribution in [0, 0.1) is 5.92 Å². The molecule has 0 saturated heterocycles. The van der Waals surface area contributed by atoms with Crippen LogP contribution in [0.1, 0.15) is 188 Å². The highest BCUT2D eigenvalue weighted by Gasteiger charge is 2.29. The Balaban J connectivity index is 2.54. The number of dihydropyridines is 1. The van der Waals surface area contributed by atoms with Gasteiger partial charge in [-0.15, -0.1) is 0 Å². The van der Waals surface area contributed by atoms with Crippen LogP contribution in [0.15, 0.2) is 23.5 Å². The molecule has 0 fully saturated rings. The molecule has 0 spiro atoms. The molecule has 3 heteroatoms. The van der Waals surface area contributed by atoms with E-state index in [9.17, 15) is 9.59 Å². The van der Waals surface area contributed by atoms with E-state index in [0.29, 0.717) is 12.8 Å². The van der Waals surface area contributed by atoms with E-state index >= 15 is 0 Å². The molecule has 1 heterocycles. The van der Waals surface area contributed by atoms with Crippen molar-refractivity contribution < 1.29 is 9.59 Å². The molecule has 0 aromatic carbocycles. The first-order valence-corrected chi connectivity index (χ1v) is 17.4. The molecule has 39 heavy (non-hydrogen) atoms. The zero-order chi connectivity index (χ0) is 28.4. The lowest BCUT2D eigenvalue weighted by atomic mass is 9.80. The van der Waals surface area contributed by atoms with Gasteiger partial charge in [0.25, 0.3) is 0 Å². The lowest BCUT2D eigenvalue weighted by Crippen LogP contribution is -2.26. The Hall–Kier alpha value is -1.38. The van der Waals surface area contributed by atoms with Crippen molar-refractivity contribution in [2.75, 3.05) is 0 Å². The molecule has 1 aliphatic rings. The molecule has 1 N–H and O–H groups in total. The van der Waals surface area contributed by atoms with Crippen molar-refractivity contribution in [3.8, 4) is 0 Å². The summed E-state index contributed by atoms with van der Waals surface area (Å²) in [6.45, 7) is 6.77. The predicted octanol–water partition coefficient (Wildman–Crippen LogP) is 11.3. The van der Waals surface area contributed by atoms with E-state index in [1.807, 2.05) is 12.4 Å². The van der Waals surface area contributed by atoms with Crippen LogP contribution in [0.3, 0.4) is 0 Å². The first-order chi connectivity index (χ1) is 19.2. The number of carbonyl (C=O) groups excluding carboxylic acids is 2. The van der Waals surface area contributed by atoms with Crippen molar-refractivity contribution in [1.82, 2.24) is 5.32 Å². The average Bonchev–Trinajstić information content (AvgIpc) is 2.95. The maximum atomic E-state index is 13.3. The first-order valence-electron chi connectivity index (χ1n) is 17.4. The molecule has 0 amide bonds. The molecule has 0 bridgehead atoms. The standard InChI is InChI=1S/C36H65NO2/c1-4-7-10-13-16-17-20-23-26-29-36(39)34-31-37-30-33(32(34)27-24-21-18-14-11-8-5-2)35(38)28-25-22-19-15-12-9-6-3/h30-32,37H,4-29H2,1-3H3. The van der Waals surface area contributed by atoms with Gasteiger partial charge in [0.2, 0.25) is 0 Å². The number of hydrogen-bond acceptors (Lipinski definition) is 3. The molecule has 1 atom stereocenters. The lowest BCUT2D eigenvalue weighted by molar-refractivity contribution is -0.116. The molecule has 1 aliphatic heterocycles. The molecular formula is C36H65NO2. The van der Waals surface area contributed by atoms with Crippen LogP contribution < -0.4 is 5.32 Å². The quantitative estimate of drug-likeness (QED) is 0.0998. The van der Waals surface area contributed by atoms with Crippen molar-refractivity contribution in [3.05, 3.63) is 23.5 Å². The van der Waals surface area contributed by atoms with Crippen LogP contribution in [-0.2, 0) is 9.59 Å².